The summed E-state index contributed by atoms with van der Waals surface area (Å²) >= 11 is 7.05. The molecule has 0 saturated heterocycles. The van der Waals surface area contributed by atoms with Gasteiger partial charge in [0, 0.05) is 0 Å². The van der Waals surface area contributed by atoms with Crippen LogP contribution in [0.25, 0.3) is 0 Å². The summed E-state index contributed by atoms with van der Waals surface area (Å²) in [6.07, 6.45) is 1.58. The molecule has 0 saturated carbocycles. The summed E-state index contributed by atoms with van der Waals surface area (Å²) in [7, 11) is 0. The van der Waals surface area contributed by atoms with Crippen LogP contribution >= 0.6 is 22.9 Å². The van der Waals surface area contributed by atoms with Crippen molar-refractivity contribution in [3.05, 3.63) is 40.4 Å². The molecule has 2 aromatic rings. The zero-order chi connectivity index (χ0) is 9.97. The number of aryl methyl sites for hydroxylation is 1. The zero-order valence-electron chi connectivity index (χ0n) is 7.53. The molecule has 72 valence electrons. The molecule has 0 unspecified atom stereocenters. The normalized spacial score (nSPS) is 10.1. The van der Waals surface area contributed by atoms with Gasteiger partial charge in [0.2, 0.25) is 0 Å². The van der Waals surface area contributed by atoms with Gasteiger partial charge in [-0.05, 0) is 19.1 Å². The van der Waals surface area contributed by atoms with Gasteiger partial charge in [0.05, 0.1) is 6.20 Å². The minimum Gasteiger partial charge on any atom is -0.431 e. The minimum atomic E-state index is 0.568. The Balaban J connectivity index is 2.15. The number of thiazole rings is 1. The third-order valence-electron chi connectivity index (χ3n) is 1.68. The Kier molecular flexibility index (Phi) is 2.70. The molecule has 2 nitrogen and oxygen atoms in total. The summed E-state index contributed by atoms with van der Waals surface area (Å²) in [6, 6.07) is 7.80. The van der Waals surface area contributed by atoms with E-state index in [2.05, 4.69) is 4.98 Å². The van der Waals surface area contributed by atoms with E-state index in [4.69, 9.17) is 16.3 Å². The molecule has 14 heavy (non-hydrogen) atoms. The number of hydrogen-bond donors (Lipinski definition) is 0. The molecule has 1 heterocycles. The van der Waals surface area contributed by atoms with E-state index in [1.807, 2.05) is 31.2 Å². The first-order chi connectivity index (χ1) is 6.74. The molecule has 0 atom stereocenters. The van der Waals surface area contributed by atoms with E-state index >= 15 is 0 Å². The average Bonchev–Trinajstić information content (AvgIpc) is 2.56. The van der Waals surface area contributed by atoms with Crippen molar-refractivity contribution in [2.75, 3.05) is 0 Å². The average molecular weight is 226 g/mol. The Bertz CT molecular complexity index is 424. The number of ether oxygens (including phenoxy) is 1. The second-order valence-corrected chi connectivity index (χ2v) is 4.47. The highest BCUT2D eigenvalue weighted by Gasteiger charge is 2.01. The maximum absolute atomic E-state index is 5.73. The van der Waals surface area contributed by atoms with Gasteiger partial charge in [0.15, 0.2) is 0 Å². The van der Waals surface area contributed by atoms with Crippen LogP contribution in [-0.4, -0.2) is 4.98 Å². The van der Waals surface area contributed by atoms with Crippen molar-refractivity contribution in [2.45, 2.75) is 6.92 Å². The summed E-state index contributed by atoms with van der Waals surface area (Å²) < 4.78 is 6.11. The molecule has 0 fully saturated rings. The Labute approximate surface area is 91.1 Å². The Hall–Kier alpha value is -1.06. The van der Waals surface area contributed by atoms with Gasteiger partial charge >= 0.3 is 0 Å². The zero-order valence-corrected chi connectivity index (χ0v) is 9.10. The lowest BCUT2D eigenvalue weighted by atomic mass is 10.2. The summed E-state index contributed by atoms with van der Waals surface area (Å²) in [4.78, 5) is 4.00. The molecule has 0 aliphatic heterocycles. The number of hydrogen-bond acceptors (Lipinski definition) is 3. The van der Waals surface area contributed by atoms with Crippen molar-refractivity contribution in [1.82, 2.24) is 4.98 Å². The highest BCUT2D eigenvalue weighted by molar-refractivity contribution is 7.17. The van der Waals surface area contributed by atoms with Crippen molar-refractivity contribution in [3.8, 4) is 10.9 Å². The standard InChI is InChI=1S/C10H8ClNOS/c1-7-2-4-8(5-3-7)13-10-12-6-9(11)14-10/h2-6H,1H3. The summed E-state index contributed by atoms with van der Waals surface area (Å²) in [5, 5.41) is 0.568. The van der Waals surface area contributed by atoms with Crippen LogP contribution in [0.4, 0.5) is 0 Å². The predicted molar refractivity (Wildman–Crippen MR) is 58.4 cm³/mol. The number of nitrogens with zero attached hydrogens (tertiary/aromatic N) is 1. The Morgan fingerprint density at radius 1 is 1.29 bits per heavy atom. The van der Waals surface area contributed by atoms with Gasteiger partial charge in [-0.2, -0.15) is 0 Å². The molecule has 1 aromatic heterocycles. The first-order valence-electron chi connectivity index (χ1n) is 4.10. The van der Waals surface area contributed by atoms with Crippen LogP contribution in [0.3, 0.4) is 0 Å². The van der Waals surface area contributed by atoms with Gasteiger partial charge in [-0.1, -0.05) is 40.6 Å². The van der Waals surface area contributed by atoms with Crippen molar-refractivity contribution >= 4 is 22.9 Å². The number of rotatable bonds is 2. The molecule has 0 amide bonds. The van der Waals surface area contributed by atoms with E-state index < -0.39 is 0 Å². The highest BCUT2D eigenvalue weighted by Crippen LogP contribution is 2.29. The maximum Gasteiger partial charge on any atom is 0.280 e. The Morgan fingerprint density at radius 2 is 2.00 bits per heavy atom. The lowest BCUT2D eigenvalue weighted by Gasteiger charge is -2.00. The van der Waals surface area contributed by atoms with Gasteiger partial charge in [0.1, 0.15) is 10.1 Å². The predicted octanol–water partition coefficient (Wildman–Crippen LogP) is 3.90. The fraction of sp³-hybridized carbons (Fsp3) is 0.100. The van der Waals surface area contributed by atoms with E-state index in [9.17, 15) is 0 Å². The topological polar surface area (TPSA) is 22.1 Å². The minimum absolute atomic E-state index is 0.568. The van der Waals surface area contributed by atoms with Crippen molar-refractivity contribution in [2.24, 2.45) is 0 Å². The second-order valence-electron chi connectivity index (χ2n) is 2.85. The van der Waals surface area contributed by atoms with Crippen LogP contribution in [0.1, 0.15) is 5.56 Å². The van der Waals surface area contributed by atoms with E-state index in [0.29, 0.717) is 9.53 Å². The quantitative estimate of drug-likeness (QED) is 0.774. The molecule has 0 N–H and O–H groups in total. The molecule has 2 rings (SSSR count). The fourth-order valence-electron chi connectivity index (χ4n) is 0.994. The lowest BCUT2D eigenvalue weighted by Crippen LogP contribution is -1.82. The molecule has 0 radical (unpaired) electrons. The van der Waals surface area contributed by atoms with Gasteiger partial charge < -0.3 is 4.74 Å². The first-order valence-corrected chi connectivity index (χ1v) is 5.29. The van der Waals surface area contributed by atoms with Gasteiger partial charge in [-0.25, -0.2) is 4.98 Å². The van der Waals surface area contributed by atoms with Crippen LogP contribution in [0.15, 0.2) is 30.5 Å². The van der Waals surface area contributed by atoms with Gasteiger partial charge in [-0.3, -0.25) is 0 Å². The molecular weight excluding hydrogens is 218 g/mol. The van der Waals surface area contributed by atoms with Crippen LogP contribution < -0.4 is 4.74 Å². The third-order valence-corrected chi connectivity index (χ3v) is 2.68. The monoisotopic (exact) mass is 225 g/mol. The smallest absolute Gasteiger partial charge is 0.280 e. The molecule has 1 aromatic carbocycles. The van der Waals surface area contributed by atoms with E-state index in [1.165, 1.54) is 16.9 Å². The van der Waals surface area contributed by atoms with E-state index in [0.717, 1.165) is 5.75 Å². The van der Waals surface area contributed by atoms with Crippen molar-refractivity contribution in [3.63, 3.8) is 0 Å². The molecule has 0 aliphatic carbocycles. The van der Waals surface area contributed by atoms with Crippen LogP contribution in [0.5, 0.6) is 10.9 Å². The van der Waals surface area contributed by atoms with Gasteiger partial charge in [-0.15, -0.1) is 0 Å². The largest absolute Gasteiger partial charge is 0.431 e. The molecule has 0 bridgehead atoms. The highest BCUT2D eigenvalue weighted by atomic mass is 35.5. The Morgan fingerprint density at radius 3 is 2.57 bits per heavy atom. The lowest BCUT2D eigenvalue weighted by molar-refractivity contribution is 0.478. The van der Waals surface area contributed by atoms with Crippen molar-refractivity contribution in [1.29, 1.82) is 0 Å². The summed E-state index contributed by atoms with van der Waals surface area (Å²) in [6.45, 7) is 2.03. The summed E-state index contributed by atoms with van der Waals surface area (Å²) in [5.74, 6) is 0.779. The van der Waals surface area contributed by atoms with E-state index in [1.54, 1.807) is 6.20 Å². The van der Waals surface area contributed by atoms with E-state index in [-0.39, 0.29) is 0 Å². The second kappa shape index (κ2) is 3.98. The number of benzene rings is 1. The fourth-order valence-corrected chi connectivity index (χ4v) is 1.76. The first kappa shape index (κ1) is 9.49. The molecule has 0 aliphatic rings. The number of aromatic nitrogens is 1. The van der Waals surface area contributed by atoms with Crippen molar-refractivity contribution < 1.29 is 4.74 Å². The third kappa shape index (κ3) is 2.25. The molecular formula is C10H8ClNOS. The van der Waals surface area contributed by atoms with Gasteiger partial charge in [0.25, 0.3) is 5.19 Å². The number of halogens is 1. The molecule has 0 spiro atoms. The SMILES string of the molecule is Cc1ccc(Oc2ncc(Cl)s2)cc1. The molecule has 4 heteroatoms. The maximum atomic E-state index is 5.73. The summed E-state index contributed by atoms with van der Waals surface area (Å²) in [5.41, 5.74) is 1.20. The van der Waals surface area contributed by atoms with Crippen LogP contribution in [0.2, 0.25) is 4.34 Å². The van der Waals surface area contributed by atoms with Crippen LogP contribution in [-0.2, 0) is 0 Å². The van der Waals surface area contributed by atoms with Crippen LogP contribution in [0, 0.1) is 6.92 Å².